The first-order chi connectivity index (χ1) is 34.8. The van der Waals surface area contributed by atoms with E-state index >= 15 is 0 Å². The van der Waals surface area contributed by atoms with Crippen molar-refractivity contribution in [1.82, 2.24) is 20.1 Å². The zero-order chi connectivity index (χ0) is 51.2. The molecule has 72 heavy (non-hydrogen) atoms. The number of nitrogens with zero attached hydrogens (tertiary/aromatic N) is 4. The lowest BCUT2D eigenvalue weighted by atomic mass is 9.91. The number of carboxylic acid groups (broad SMARTS) is 2. The smallest absolute Gasteiger partial charge is 0.328 e. The molecule has 0 saturated carbocycles. The van der Waals surface area contributed by atoms with Crippen molar-refractivity contribution in [3.05, 3.63) is 120 Å². The lowest BCUT2D eigenvalue weighted by molar-refractivity contribution is -0.134. The van der Waals surface area contributed by atoms with Crippen molar-refractivity contribution in [1.29, 1.82) is 0 Å². The molecule has 2 amide bonds. The summed E-state index contributed by atoms with van der Waals surface area (Å²) in [5.74, 6) is -1.36. The minimum Gasteiger partial charge on any atom is -0.478 e. The molecule has 20 heteroatoms. The zero-order valence-electron chi connectivity index (χ0n) is 40.2. The van der Waals surface area contributed by atoms with Gasteiger partial charge in [-0.25, -0.2) is 18.4 Å². The molecule has 18 nitrogen and oxygen atoms in total. The quantitative estimate of drug-likeness (QED) is 0.0318. The molecule has 0 spiro atoms. The van der Waals surface area contributed by atoms with Gasteiger partial charge in [-0.15, -0.1) is 0 Å². The van der Waals surface area contributed by atoms with E-state index in [1.807, 2.05) is 36.4 Å². The molecule has 2 saturated heterocycles. The van der Waals surface area contributed by atoms with Crippen LogP contribution in [0.2, 0.25) is 0 Å². The number of aliphatic carboxylic acids is 2. The number of hydrogen-bond donors (Lipinski definition) is 4. The van der Waals surface area contributed by atoms with Crippen molar-refractivity contribution < 1.29 is 66.2 Å². The lowest BCUT2D eigenvalue weighted by Gasteiger charge is -2.31. The Labute approximate surface area is 414 Å². The Bertz CT molecular complexity index is 2550. The average Bonchev–Trinajstić information content (AvgIpc) is 3.97. The summed E-state index contributed by atoms with van der Waals surface area (Å²) in [4.78, 5) is 46.2. The Hall–Kier alpha value is -7.26. The number of carbonyl (C=O) groups excluding carboxylic acids is 2. The molecular formula is C52H60F2N6O12. The van der Waals surface area contributed by atoms with E-state index in [1.165, 1.54) is 38.1 Å². The number of carboxylic acids is 2. The van der Waals surface area contributed by atoms with Gasteiger partial charge in [-0.3, -0.25) is 9.59 Å². The van der Waals surface area contributed by atoms with Gasteiger partial charge in [-0.05, 0) is 113 Å². The lowest BCUT2D eigenvalue weighted by Crippen LogP contribution is -2.34. The van der Waals surface area contributed by atoms with Crippen molar-refractivity contribution in [2.24, 2.45) is 0 Å². The van der Waals surface area contributed by atoms with Crippen LogP contribution < -0.4 is 20.1 Å². The number of fused-ring (bicyclic) bond motifs is 2. The van der Waals surface area contributed by atoms with Gasteiger partial charge in [0.25, 0.3) is 0 Å². The molecule has 0 unspecified atom stereocenters. The minimum absolute atomic E-state index is 0.118. The van der Waals surface area contributed by atoms with E-state index in [2.05, 4.69) is 30.7 Å². The first-order valence-electron chi connectivity index (χ1n) is 23.6. The molecule has 2 fully saturated rings. The van der Waals surface area contributed by atoms with Crippen LogP contribution >= 0.6 is 0 Å². The fourth-order valence-corrected chi connectivity index (χ4v) is 8.30. The van der Waals surface area contributed by atoms with Gasteiger partial charge in [0.15, 0.2) is 24.8 Å². The first-order valence-corrected chi connectivity index (χ1v) is 23.6. The van der Waals surface area contributed by atoms with Crippen LogP contribution in [0.25, 0.3) is 21.9 Å². The van der Waals surface area contributed by atoms with E-state index < -0.39 is 11.9 Å². The van der Waals surface area contributed by atoms with Gasteiger partial charge < -0.3 is 58.6 Å². The van der Waals surface area contributed by atoms with Crippen LogP contribution in [0.4, 0.5) is 20.2 Å². The fourth-order valence-electron chi connectivity index (χ4n) is 8.30. The summed E-state index contributed by atoms with van der Waals surface area (Å²) in [6.07, 6.45) is 6.99. The number of likely N-dealkylation sites (tertiary alicyclic amines) is 2. The number of nitrogens with one attached hydrogen (secondary N) is 2. The normalized spacial score (nSPS) is 14.6. The molecule has 0 bridgehead atoms. The zero-order valence-corrected chi connectivity index (χ0v) is 40.2. The number of hydrogen-bond acceptors (Lipinski definition) is 14. The third-order valence-corrected chi connectivity index (χ3v) is 11.7. The van der Waals surface area contributed by atoms with Crippen molar-refractivity contribution in [3.63, 3.8) is 0 Å². The van der Waals surface area contributed by atoms with Gasteiger partial charge in [0.2, 0.25) is 11.8 Å². The molecule has 0 radical (unpaired) electrons. The summed E-state index contributed by atoms with van der Waals surface area (Å²) in [5, 5.41) is 31.3. The number of anilines is 2. The summed E-state index contributed by atoms with van der Waals surface area (Å²) in [6.45, 7) is 10.4. The largest absolute Gasteiger partial charge is 0.478 e. The predicted octanol–water partition coefficient (Wildman–Crippen LogP) is 8.81. The highest BCUT2D eigenvalue weighted by atomic mass is 19.1. The summed E-state index contributed by atoms with van der Waals surface area (Å²) < 4.78 is 59.7. The first kappa shape index (κ1) is 54.1. The predicted molar refractivity (Wildman–Crippen MR) is 263 cm³/mol. The fraction of sp³-hybridized carbons (Fsp3) is 0.385. The van der Waals surface area contributed by atoms with Crippen molar-refractivity contribution >= 4 is 57.1 Å². The van der Waals surface area contributed by atoms with Crippen LogP contribution in [0.3, 0.4) is 0 Å². The molecular weight excluding hydrogens is 939 g/mol. The van der Waals surface area contributed by atoms with Gasteiger partial charge in [-0.1, -0.05) is 22.4 Å². The van der Waals surface area contributed by atoms with Crippen molar-refractivity contribution in [3.8, 4) is 11.5 Å². The molecule has 2 aliphatic heterocycles. The Kier molecular flexibility index (Phi) is 21.0. The summed E-state index contributed by atoms with van der Waals surface area (Å²) >= 11 is 0. The van der Waals surface area contributed by atoms with Gasteiger partial charge in [0.05, 0.1) is 24.6 Å². The summed E-state index contributed by atoms with van der Waals surface area (Å²) in [5.41, 5.74) is 4.33. The Morgan fingerprint density at radius 2 is 1.03 bits per heavy atom. The molecule has 8 rings (SSSR count). The summed E-state index contributed by atoms with van der Waals surface area (Å²) in [7, 11) is 0. The van der Waals surface area contributed by atoms with Crippen LogP contribution in [0.1, 0.15) is 75.6 Å². The highest BCUT2D eigenvalue weighted by Gasteiger charge is 2.26. The number of aromatic nitrogens is 2. The SMILES string of the molecule is CC(=O)Nc1cccc(OCOCCCN2CCC(c3noc4cc(F)ccc34)CC2)c1.CC(=O)Nc1cccc(OCOCCCN2CCC(c3noc4cc(F)ccc34)CC2)c1.O=C(O)/C=C/C(=O)O. The molecule has 2 aliphatic rings. The van der Waals surface area contributed by atoms with Crippen LogP contribution in [0.15, 0.2) is 106 Å². The summed E-state index contributed by atoms with van der Waals surface area (Å²) in [6, 6.07) is 23.7. The van der Waals surface area contributed by atoms with Crippen LogP contribution in [0.5, 0.6) is 11.5 Å². The standard InChI is InChI=1S/2C24H28FN3O4.C4H4O4/c2*1-17(29)26-20-4-2-5-21(15-20)31-16-30-13-3-10-28-11-8-18(9-12-28)24-22-7-6-19(25)14-23(22)32-27-24;5-3(6)1-2-4(7)8/h2*2,4-7,14-15,18H,3,8-13,16H2,1H3,(H,26,29);1-2H,(H,5,6)(H,7,8)/b;;2-1+. The number of benzene rings is 4. The van der Waals surface area contributed by atoms with E-state index in [0.717, 1.165) is 100.0 Å². The van der Waals surface area contributed by atoms with Crippen molar-refractivity contribution in [2.75, 3.05) is 76.7 Å². The monoisotopic (exact) mass is 998 g/mol. The van der Waals surface area contributed by atoms with E-state index in [0.29, 0.717) is 71.2 Å². The van der Waals surface area contributed by atoms with Gasteiger partial charge >= 0.3 is 11.9 Å². The maximum atomic E-state index is 13.4. The Morgan fingerprint density at radius 1 is 0.625 bits per heavy atom. The van der Waals surface area contributed by atoms with Crippen molar-refractivity contribution in [2.45, 2.75) is 64.2 Å². The van der Waals surface area contributed by atoms with E-state index in [4.69, 9.17) is 38.2 Å². The molecule has 0 aliphatic carbocycles. The topological polar surface area (TPSA) is 228 Å². The number of ether oxygens (including phenoxy) is 4. The second-order valence-corrected chi connectivity index (χ2v) is 17.1. The third-order valence-electron chi connectivity index (χ3n) is 11.7. The number of halogens is 2. The number of carbonyl (C=O) groups is 4. The maximum Gasteiger partial charge on any atom is 0.328 e. The third kappa shape index (κ3) is 17.9. The minimum atomic E-state index is -1.26. The highest BCUT2D eigenvalue weighted by molar-refractivity contribution is 5.90. The van der Waals surface area contributed by atoms with Gasteiger partial charge in [-0.2, -0.15) is 0 Å². The molecule has 4 N–H and O–H groups in total. The van der Waals surface area contributed by atoms with Gasteiger partial charge in [0, 0.05) is 97.3 Å². The second-order valence-electron chi connectivity index (χ2n) is 17.1. The molecule has 384 valence electrons. The van der Waals surface area contributed by atoms with Crippen LogP contribution in [0, 0.1) is 11.6 Å². The van der Waals surface area contributed by atoms with Crippen LogP contribution in [-0.2, 0) is 28.7 Å². The van der Waals surface area contributed by atoms with E-state index in [1.54, 1.807) is 24.3 Å². The molecule has 0 atom stereocenters. The molecule has 6 aromatic rings. The highest BCUT2D eigenvalue weighted by Crippen LogP contribution is 2.34. The van der Waals surface area contributed by atoms with E-state index in [-0.39, 0.29) is 37.0 Å². The average molecular weight is 999 g/mol. The van der Waals surface area contributed by atoms with Crippen LogP contribution in [-0.4, -0.2) is 120 Å². The number of amides is 2. The molecule has 2 aromatic heterocycles. The Balaban J connectivity index is 0.000000205. The second kappa shape index (κ2) is 28.0. The molecule has 4 heterocycles. The maximum absolute atomic E-state index is 13.4. The number of rotatable bonds is 20. The van der Waals surface area contributed by atoms with E-state index in [9.17, 15) is 28.0 Å². The molecule has 4 aromatic carbocycles. The van der Waals surface area contributed by atoms with Gasteiger partial charge in [0.1, 0.15) is 23.1 Å². The number of piperidine rings is 2. The Morgan fingerprint density at radius 3 is 1.40 bits per heavy atom.